The summed E-state index contributed by atoms with van der Waals surface area (Å²) in [5.74, 6) is 0.0762. The zero-order valence-electron chi connectivity index (χ0n) is 12.3. The Hall–Kier alpha value is -1.90. The summed E-state index contributed by atoms with van der Waals surface area (Å²) in [4.78, 5) is 12.5. The highest BCUT2D eigenvalue weighted by Gasteiger charge is 2.35. The first-order chi connectivity index (χ1) is 9.47. The average molecular weight is 268 g/mol. The first-order valence-corrected chi connectivity index (χ1v) is 7.12. The van der Waals surface area contributed by atoms with Crippen LogP contribution in [-0.4, -0.2) is 17.1 Å². The molecule has 0 saturated heterocycles. The van der Waals surface area contributed by atoms with Crippen LogP contribution in [0.2, 0.25) is 0 Å². The van der Waals surface area contributed by atoms with Crippen molar-refractivity contribution < 1.29 is 4.79 Å². The fourth-order valence-corrected chi connectivity index (χ4v) is 2.70. The number of hydrogen-bond donors (Lipinski definition) is 0. The standard InChI is InChI=1S/C17H20N2O/c1-17(2,3)16(20)19-15(9-10-18-19)14-8-7-12-5-4-6-13(12)11-14/h4,6-8,10-11,15H,5,9H2,1-3H3/t15-/m0/s1. The van der Waals surface area contributed by atoms with Gasteiger partial charge in [-0.3, -0.25) is 4.79 Å². The van der Waals surface area contributed by atoms with Gasteiger partial charge in [0.05, 0.1) is 6.04 Å². The third-order valence-electron chi connectivity index (χ3n) is 3.87. The van der Waals surface area contributed by atoms with Crippen molar-refractivity contribution in [3.63, 3.8) is 0 Å². The topological polar surface area (TPSA) is 32.7 Å². The van der Waals surface area contributed by atoms with E-state index in [1.54, 1.807) is 5.01 Å². The summed E-state index contributed by atoms with van der Waals surface area (Å²) >= 11 is 0. The van der Waals surface area contributed by atoms with Crippen molar-refractivity contribution in [2.75, 3.05) is 0 Å². The van der Waals surface area contributed by atoms with E-state index in [2.05, 4.69) is 35.5 Å². The van der Waals surface area contributed by atoms with Gasteiger partial charge in [-0.15, -0.1) is 0 Å². The molecule has 104 valence electrons. The van der Waals surface area contributed by atoms with Crippen LogP contribution in [0.3, 0.4) is 0 Å². The number of carbonyl (C=O) groups excluding carboxylic acids is 1. The van der Waals surface area contributed by atoms with Crippen molar-refractivity contribution in [2.45, 2.75) is 39.7 Å². The molecular weight excluding hydrogens is 248 g/mol. The maximum atomic E-state index is 12.5. The quantitative estimate of drug-likeness (QED) is 0.766. The largest absolute Gasteiger partial charge is 0.272 e. The number of hydrazone groups is 1. The first kappa shape index (κ1) is 13.1. The summed E-state index contributed by atoms with van der Waals surface area (Å²) in [5, 5.41) is 5.95. The summed E-state index contributed by atoms with van der Waals surface area (Å²) in [7, 11) is 0. The van der Waals surface area contributed by atoms with Crippen LogP contribution in [0.4, 0.5) is 0 Å². The van der Waals surface area contributed by atoms with Crippen LogP contribution in [0.1, 0.15) is 49.9 Å². The Bertz CT molecular complexity index is 608. The summed E-state index contributed by atoms with van der Waals surface area (Å²) in [6.07, 6.45) is 7.99. The van der Waals surface area contributed by atoms with E-state index < -0.39 is 5.41 Å². The van der Waals surface area contributed by atoms with Gasteiger partial charge in [0.2, 0.25) is 5.91 Å². The second kappa shape index (κ2) is 4.58. The van der Waals surface area contributed by atoms with Gasteiger partial charge in [0.15, 0.2) is 0 Å². The normalized spacial score (nSPS) is 20.6. The Balaban J connectivity index is 1.90. The molecule has 0 saturated carbocycles. The van der Waals surface area contributed by atoms with Crippen molar-refractivity contribution >= 4 is 18.2 Å². The number of rotatable bonds is 1. The van der Waals surface area contributed by atoms with Gasteiger partial charge in [0.25, 0.3) is 0 Å². The molecule has 1 amide bonds. The maximum absolute atomic E-state index is 12.5. The molecule has 1 aliphatic carbocycles. The van der Waals surface area contributed by atoms with Crippen molar-refractivity contribution in [3.05, 3.63) is 41.0 Å². The predicted molar refractivity (Wildman–Crippen MR) is 81.3 cm³/mol. The lowest BCUT2D eigenvalue weighted by atomic mass is 9.93. The number of hydrogen-bond acceptors (Lipinski definition) is 2. The fraction of sp³-hybridized carbons (Fsp3) is 0.412. The van der Waals surface area contributed by atoms with Gasteiger partial charge < -0.3 is 0 Å². The lowest BCUT2D eigenvalue weighted by Gasteiger charge is -2.28. The molecule has 20 heavy (non-hydrogen) atoms. The Labute approximate surface area is 120 Å². The maximum Gasteiger partial charge on any atom is 0.248 e. The van der Waals surface area contributed by atoms with E-state index in [0.29, 0.717) is 0 Å². The molecule has 3 heteroatoms. The van der Waals surface area contributed by atoms with Crippen LogP contribution in [-0.2, 0) is 11.2 Å². The van der Waals surface area contributed by atoms with Crippen LogP contribution >= 0.6 is 0 Å². The second-order valence-corrected chi connectivity index (χ2v) is 6.51. The minimum atomic E-state index is -0.406. The first-order valence-electron chi connectivity index (χ1n) is 7.12. The molecule has 0 fully saturated rings. The van der Waals surface area contributed by atoms with E-state index in [4.69, 9.17) is 0 Å². The number of amides is 1. The smallest absolute Gasteiger partial charge is 0.248 e. The molecule has 0 bridgehead atoms. The Morgan fingerprint density at radius 1 is 1.35 bits per heavy atom. The summed E-state index contributed by atoms with van der Waals surface area (Å²) in [5.41, 5.74) is 3.40. The third kappa shape index (κ3) is 2.17. The Morgan fingerprint density at radius 2 is 2.15 bits per heavy atom. The van der Waals surface area contributed by atoms with Gasteiger partial charge in [0.1, 0.15) is 0 Å². The van der Waals surface area contributed by atoms with Gasteiger partial charge >= 0.3 is 0 Å². The lowest BCUT2D eigenvalue weighted by molar-refractivity contribution is -0.141. The van der Waals surface area contributed by atoms with E-state index in [9.17, 15) is 4.79 Å². The minimum absolute atomic E-state index is 0.0426. The monoisotopic (exact) mass is 268 g/mol. The molecule has 1 aromatic carbocycles. The fourth-order valence-electron chi connectivity index (χ4n) is 2.70. The third-order valence-corrected chi connectivity index (χ3v) is 3.87. The second-order valence-electron chi connectivity index (χ2n) is 6.51. The van der Waals surface area contributed by atoms with Crippen LogP contribution in [0.5, 0.6) is 0 Å². The molecule has 2 aliphatic rings. The molecule has 3 rings (SSSR count). The molecule has 1 aromatic rings. The highest BCUT2D eigenvalue weighted by molar-refractivity contribution is 5.84. The van der Waals surface area contributed by atoms with Gasteiger partial charge in [-0.2, -0.15) is 5.10 Å². The molecule has 1 atom stereocenters. The van der Waals surface area contributed by atoms with Crippen LogP contribution in [0, 0.1) is 5.41 Å². The van der Waals surface area contributed by atoms with Crippen molar-refractivity contribution in [3.8, 4) is 0 Å². The van der Waals surface area contributed by atoms with E-state index in [1.807, 2.05) is 27.0 Å². The van der Waals surface area contributed by atoms with Crippen LogP contribution in [0.15, 0.2) is 29.4 Å². The summed E-state index contributed by atoms with van der Waals surface area (Å²) < 4.78 is 0. The van der Waals surface area contributed by atoms with Crippen molar-refractivity contribution in [1.82, 2.24) is 5.01 Å². The zero-order chi connectivity index (χ0) is 14.3. The van der Waals surface area contributed by atoms with Gasteiger partial charge in [-0.25, -0.2) is 5.01 Å². The van der Waals surface area contributed by atoms with E-state index >= 15 is 0 Å². The zero-order valence-corrected chi connectivity index (χ0v) is 12.3. The summed E-state index contributed by atoms with van der Waals surface area (Å²) in [6, 6.07) is 6.54. The molecular formula is C17H20N2O. The van der Waals surface area contributed by atoms with Crippen molar-refractivity contribution in [1.29, 1.82) is 0 Å². The number of allylic oxidation sites excluding steroid dienone is 1. The highest BCUT2D eigenvalue weighted by atomic mass is 16.2. The molecule has 3 nitrogen and oxygen atoms in total. The molecule has 0 N–H and O–H groups in total. The predicted octanol–water partition coefficient (Wildman–Crippen LogP) is 3.56. The molecule has 0 spiro atoms. The van der Waals surface area contributed by atoms with Crippen molar-refractivity contribution in [2.24, 2.45) is 10.5 Å². The number of fused-ring (bicyclic) bond motifs is 1. The van der Waals surface area contributed by atoms with E-state index in [-0.39, 0.29) is 11.9 Å². The lowest BCUT2D eigenvalue weighted by Crippen LogP contribution is -2.36. The van der Waals surface area contributed by atoms with Crippen LogP contribution < -0.4 is 0 Å². The summed E-state index contributed by atoms with van der Waals surface area (Å²) in [6.45, 7) is 5.81. The van der Waals surface area contributed by atoms with Gasteiger partial charge in [-0.1, -0.05) is 45.1 Å². The minimum Gasteiger partial charge on any atom is -0.272 e. The highest BCUT2D eigenvalue weighted by Crippen LogP contribution is 2.34. The molecule has 1 aliphatic heterocycles. The molecule has 0 aromatic heterocycles. The Kier molecular flexibility index (Phi) is 3.00. The average Bonchev–Trinajstić information content (AvgIpc) is 3.04. The molecule has 0 radical (unpaired) electrons. The number of benzene rings is 1. The number of nitrogens with zero attached hydrogens (tertiary/aromatic N) is 2. The molecule has 1 heterocycles. The molecule has 0 unspecified atom stereocenters. The van der Waals surface area contributed by atoms with E-state index in [1.165, 1.54) is 16.7 Å². The SMILES string of the molecule is CC(C)(C)C(=O)N1N=CC[C@H]1c1ccc2c(c1)C=CC2. The number of carbonyl (C=O) groups is 1. The van der Waals surface area contributed by atoms with Gasteiger partial charge in [-0.05, 0) is 29.2 Å². The van der Waals surface area contributed by atoms with E-state index in [0.717, 1.165) is 12.8 Å². The van der Waals surface area contributed by atoms with Crippen LogP contribution in [0.25, 0.3) is 6.08 Å². The Morgan fingerprint density at radius 3 is 2.90 bits per heavy atom. The van der Waals surface area contributed by atoms with Gasteiger partial charge in [0, 0.05) is 18.1 Å².